The summed E-state index contributed by atoms with van der Waals surface area (Å²) in [4.78, 5) is 1.28. The molecule has 0 amide bonds. The van der Waals surface area contributed by atoms with Crippen molar-refractivity contribution in [3.63, 3.8) is 0 Å². The van der Waals surface area contributed by atoms with Crippen LogP contribution >= 0.6 is 11.3 Å². The van der Waals surface area contributed by atoms with Crippen molar-refractivity contribution in [2.24, 2.45) is 0 Å². The van der Waals surface area contributed by atoms with Crippen molar-refractivity contribution < 1.29 is 4.42 Å². The van der Waals surface area contributed by atoms with Gasteiger partial charge in [0.05, 0.1) is 12.1 Å². The Morgan fingerprint density at radius 2 is 2.21 bits per heavy atom. The molecule has 0 aliphatic rings. The second-order valence-electron chi connectivity index (χ2n) is 4.35. The van der Waals surface area contributed by atoms with Crippen molar-refractivity contribution in [1.29, 1.82) is 0 Å². The van der Waals surface area contributed by atoms with Crippen LogP contribution in [0.25, 0.3) is 0 Å². The lowest BCUT2D eigenvalue weighted by atomic mass is 10.2. The van der Waals surface area contributed by atoms with E-state index in [1.165, 1.54) is 4.88 Å². The first kappa shape index (κ1) is 14.0. The molecule has 2 rings (SSSR count). The monoisotopic (exact) mass is 280 g/mol. The summed E-state index contributed by atoms with van der Waals surface area (Å²) < 4.78 is 5.64. The van der Waals surface area contributed by atoms with Gasteiger partial charge >= 0.3 is 6.01 Å². The summed E-state index contributed by atoms with van der Waals surface area (Å²) in [5.41, 5.74) is 0. The molecule has 104 valence electrons. The van der Waals surface area contributed by atoms with Gasteiger partial charge in [-0.1, -0.05) is 25.0 Å². The van der Waals surface area contributed by atoms with Gasteiger partial charge in [-0.3, -0.25) is 0 Å². The maximum absolute atomic E-state index is 5.64. The Morgan fingerprint density at radius 3 is 2.84 bits per heavy atom. The zero-order valence-electron chi connectivity index (χ0n) is 11.5. The smallest absolute Gasteiger partial charge is 0.316 e. The van der Waals surface area contributed by atoms with Crippen LogP contribution in [0.4, 0.5) is 6.01 Å². The Bertz CT molecular complexity index is 483. The molecule has 2 atom stereocenters. The minimum atomic E-state index is 0.0786. The Hall–Kier alpha value is -1.40. The van der Waals surface area contributed by atoms with E-state index in [1.54, 1.807) is 11.3 Å². The van der Waals surface area contributed by atoms with Crippen molar-refractivity contribution in [2.45, 2.75) is 39.3 Å². The SMILES string of the molecule is CCNC(C)c1nnc(NC(CC)c2cccs2)o1. The van der Waals surface area contributed by atoms with E-state index in [2.05, 4.69) is 52.2 Å². The van der Waals surface area contributed by atoms with E-state index in [-0.39, 0.29) is 12.1 Å². The zero-order valence-corrected chi connectivity index (χ0v) is 12.3. The van der Waals surface area contributed by atoms with Crippen LogP contribution in [0.3, 0.4) is 0 Å². The molecule has 2 N–H and O–H groups in total. The molecule has 0 saturated carbocycles. The van der Waals surface area contributed by atoms with Gasteiger partial charge in [-0.2, -0.15) is 0 Å². The van der Waals surface area contributed by atoms with Crippen molar-refractivity contribution in [3.8, 4) is 0 Å². The topological polar surface area (TPSA) is 63.0 Å². The number of rotatable bonds is 7. The Balaban J connectivity index is 2.02. The minimum Gasteiger partial charge on any atom is -0.406 e. The average molecular weight is 280 g/mol. The van der Waals surface area contributed by atoms with Gasteiger partial charge in [0.2, 0.25) is 5.89 Å². The highest BCUT2D eigenvalue weighted by Gasteiger charge is 2.16. The summed E-state index contributed by atoms with van der Waals surface area (Å²) in [6, 6.07) is 4.96. The van der Waals surface area contributed by atoms with Gasteiger partial charge in [-0.05, 0) is 31.3 Å². The lowest BCUT2D eigenvalue weighted by Gasteiger charge is -2.13. The molecule has 5 nitrogen and oxygen atoms in total. The molecular weight excluding hydrogens is 260 g/mol. The van der Waals surface area contributed by atoms with Crippen molar-refractivity contribution in [3.05, 3.63) is 28.3 Å². The van der Waals surface area contributed by atoms with Gasteiger partial charge in [-0.25, -0.2) is 0 Å². The van der Waals surface area contributed by atoms with E-state index in [0.29, 0.717) is 11.9 Å². The predicted octanol–water partition coefficient (Wildman–Crippen LogP) is 3.36. The number of thiophene rings is 1. The van der Waals surface area contributed by atoms with Crippen LogP contribution < -0.4 is 10.6 Å². The molecule has 0 radical (unpaired) electrons. The summed E-state index contributed by atoms with van der Waals surface area (Å²) in [6.45, 7) is 7.07. The van der Waals surface area contributed by atoms with E-state index in [9.17, 15) is 0 Å². The highest BCUT2D eigenvalue weighted by Crippen LogP contribution is 2.26. The van der Waals surface area contributed by atoms with E-state index in [1.807, 2.05) is 6.92 Å². The first-order chi connectivity index (χ1) is 9.24. The third-order valence-corrected chi connectivity index (χ3v) is 3.90. The lowest BCUT2D eigenvalue weighted by molar-refractivity contribution is 0.426. The number of aromatic nitrogens is 2. The van der Waals surface area contributed by atoms with Crippen LogP contribution in [0.5, 0.6) is 0 Å². The van der Waals surface area contributed by atoms with Crippen LogP contribution in [-0.4, -0.2) is 16.7 Å². The third-order valence-electron chi connectivity index (χ3n) is 2.91. The molecule has 2 heterocycles. The van der Waals surface area contributed by atoms with Gasteiger partial charge < -0.3 is 15.1 Å². The van der Waals surface area contributed by atoms with E-state index in [0.717, 1.165) is 13.0 Å². The van der Waals surface area contributed by atoms with Crippen molar-refractivity contribution in [1.82, 2.24) is 15.5 Å². The summed E-state index contributed by atoms with van der Waals surface area (Å²) in [6.07, 6.45) is 0.973. The Morgan fingerprint density at radius 1 is 1.37 bits per heavy atom. The van der Waals surface area contributed by atoms with Crippen LogP contribution in [0, 0.1) is 0 Å². The van der Waals surface area contributed by atoms with Gasteiger partial charge in [-0.15, -0.1) is 16.4 Å². The van der Waals surface area contributed by atoms with Crippen LogP contribution in [0.2, 0.25) is 0 Å². The summed E-state index contributed by atoms with van der Waals surface area (Å²) in [5, 5.41) is 16.7. The molecule has 0 aliphatic heterocycles. The zero-order chi connectivity index (χ0) is 13.7. The molecule has 0 spiro atoms. The normalized spacial score (nSPS) is 14.3. The van der Waals surface area contributed by atoms with E-state index in [4.69, 9.17) is 4.42 Å². The minimum absolute atomic E-state index is 0.0786. The Kier molecular flexibility index (Phi) is 4.93. The van der Waals surface area contributed by atoms with Gasteiger partial charge in [0, 0.05) is 4.88 Å². The molecule has 19 heavy (non-hydrogen) atoms. The van der Waals surface area contributed by atoms with E-state index >= 15 is 0 Å². The quantitative estimate of drug-likeness (QED) is 0.814. The maximum Gasteiger partial charge on any atom is 0.316 e. The standard InChI is InChI=1S/C13H20N4OS/c1-4-10(11-7-6-8-19-11)15-13-17-16-12(18-13)9(3)14-5-2/h6-10,14H,4-5H2,1-3H3,(H,15,17). The van der Waals surface area contributed by atoms with Gasteiger partial charge in [0.1, 0.15) is 0 Å². The van der Waals surface area contributed by atoms with Gasteiger partial charge in [0.25, 0.3) is 0 Å². The van der Waals surface area contributed by atoms with Crippen molar-refractivity contribution in [2.75, 3.05) is 11.9 Å². The van der Waals surface area contributed by atoms with Gasteiger partial charge in [0.15, 0.2) is 0 Å². The molecule has 0 aliphatic carbocycles. The van der Waals surface area contributed by atoms with Crippen LogP contribution in [0.15, 0.2) is 21.9 Å². The number of hydrogen-bond donors (Lipinski definition) is 2. The first-order valence-corrected chi connectivity index (χ1v) is 7.49. The number of nitrogens with zero attached hydrogens (tertiary/aromatic N) is 2. The summed E-state index contributed by atoms with van der Waals surface area (Å²) >= 11 is 1.73. The molecule has 2 unspecified atom stereocenters. The lowest BCUT2D eigenvalue weighted by Crippen LogP contribution is -2.17. The highest BCUT2D eigenvalue weighted by atomic mass is 32.1. The molecule has 0 fully saturated rings. The molecule has 6 heteroatoms. The number of nitrogens with one attached hydrogen (secondary N) is 2. The second-order valence-corrected chi connectivity index (χ2v) is 5.32. The largest absolute Gasteiger partial charge is 0.406 e. The highest BCUT2D eigenvalue weighted by molar-refractivity contribution is 7.10. The first-order valence-electron chi connectivity index (χ1n) is 6.61. The second kappa shape index (κ2) is 6.68. The fraction of sp³-hybridized carbons (Fsp3) is 0.538. The Labute approximate surface area is 117 Å². The van der Waals surface area contributed by atoms with Crippen LogP contribution in [0.1, 0.15) is 50.0 Å². The third kappa shape index (κ3) is 3.54. The van der Waals surface area contributed by atoms with Crippen molar-refractivity contribution >= 4 is 17.4 Å². The summed E-state index contributed by atoms with van der Waals surface area (Å²) in [7, 11) is 0. The molecule has 2 aromatic heterocycles. The number of hydrogen-bond acceptors (Lipinski definition) is 6. The molecular formula is C13H20N4OS. The molecule has 2 aromatic rings. The molecule has 0 bridgehead atoms. The summed E-state index contributed by atoms with van der Waals surface area (Å²) in [5.74, 6) is 0.616. The number of anilines is 1. The molecule has 0 saturated heterocycles. The van der Waals surface area contributed by atoms with E-state index < -0.39 is 0 Å². The predicted molar refractivity (Wildman–Crippen MR) is 77.4 cm³/mol. The maximum atomic E-state index is 5.64. The van der Waals surface area contributed by atoms with Crippen LogP contribution in [-0.2, 0) is 0 Å². The fourth-order valence-electron chi connectivity index (χ4n) is 1.87. The molecule has 0 aromatic carbocycles. The average Bonchev–Trinajstić information content (AvgIpc) is 3.07. The fourth-order valence-corrected chi connectivity index (χ4v) is 2.74.